The first-order valence-corrected chi connectivity index (χ1v) is 9.02. The molecule has 1 N–H and O–H groups in total. The van der Waals surface area contributed by atoms with Crippen LogP contribution in [0.4, 0.5) is 0 Å². The van der Waals surface area contributed by atoms with Gasteiger partial charge >= 0.3 is 5.97 Å². The van der Waals surface area contributed by atoms with Crippen molar-refractivity contribution in [2.75, 3.05) is 20.2 Å². The van der Waals surface area contributed by atoms with Crippen molar-refractivity contribution in [2.24, 2.45) is 0 Å². The van der Waals surface area contributed by atoms with Crippen molar-refractivity contribution in [1.29, 1.82) is 0 Å². The van der Waals surface area contributed by atoms with Gasteiger partial charge in [0.25, 0.3) is 11.8 Å². The zero-order valence-corrected chi connectivity index (χ0v) is 15.9. The number of esters is 1. The Morgan fingerprint density at radius 2 is 1.96 bits per heavy atom. The summed E-state index contributed by atoms with van der Waals surface area (Å²) in [7, 11) is 1.66. The zero-order valence-electron chi connectivity index (χ0n) is 15.1. The molecule has 6 nitrogen and oxygen atoms in total. The van der Waals surface area contributed by atoms with Gasteiger partial charge in [0.15, 0.2) is 6.61 Å². The molecule has 2 aromatic rings. The fraction of sp³-hybridized carbons (Fsp3) is 0.316. The third-order valence-electron chi connectivity index (χ3n) is 3.83. The largest absolute Gasteiger partial charge is 0.454 e. The third kappa shape index (κ3) is 5.70. The van der Waals surface area contributed by atoms with Gasteiger partial charge in [-0.15, -0.1) is 11.3 Å². The van der Waals surface area contributed by atoms with Crippen molar-refractivity contribution in [1.82, 2.24) is 10.2 Å². The molecule has 0 atom stereocenters. The third-order valence-corrected chi connectivity index (χ3v) is 4.69. The minimum absolute atomic E-state index is 0.273. The number of amides is 2. The second-order valence-corrected chi connectivity index (χ2v) is 6.95. The predicted molar refractivity (Wildman–Crippen MR) is 100 cm³/mol. The molecule has 2 rings (SSSR count). The molecule has 0 aliphatic rings. The van der Waals surface area contributed by atoms with Gasteiger partial charge in [0.05, 0.1) is 4.88 Å². The topological polar surface area (TPSA) is 75.7 Å². The first kappa shape index (κ1) is 19.7. The summed E-state index contributed by atoms with van der Waals surface area (Å²) in [6.45, 7) is 3.83. The molecule has 0 spiro atoms. The highest BCUT2D eigenvalue weighted by Crippen LogP contribution is 2.12. The van der Waals surface area contributed by atoms with Crippen LogP contribution in [0, 0.1) is 13.8 Å². The fourth-order valence-electron chi connectivity index (χ4n) is 2.32. The quantitative estimate of drug-likeness (QED) is 0.755. The molecule has 0 saturated heterocycles. The number of rotatable bonds is 7. The second-order valence-electron chi connectivity index (χ2n) is 6.00. The summed E-state index contributed by atoms with van der Waals surface area (Å²) in [5.41, 5.74) is 3.32. The van der Waals surface area contributed by atoms with Gasteiger partial charge in [-0.25, -0.2) is 0 Å². The van der Waals surface area contributed by atoms with Crippen molar-refractivity contribution in [3.8, 4) is 0 Å². The Kier molecular flexibility index (Phi) is 6.91. The van der Waals surface area contributed by atoms with Crippen molar-refractivity contribution >= 4 is 29.1 Å². The van der Waals surface area contributed by atoms with E-state index < -0.39 is 5.97 Å². The lowest BCUT2D eigenvalue weighted by molar-refractivity contribution is -0.150. The summed E-state index contributed by atoms with van der Waals surface area (Å²) < 4.78 is 4.94. The fourth-order valence-corrected chi connectivity index (χ4v) is 2.96. The predicted octanol–water partition coefficient (Wildman–Crippen LogP) is 2.30. The highest BCUT2D eigenvalue weighted by molar-refractivity contribution is 7.12. The number of hydrogen-bond acceptors (Lipinski definition) is 5. The average molecular weight is 374 g/mol. The maximum atomic E-state index is 12.1. The average Bonchev–Trinajstić information content (AvgIpc) is 3.14. The molecule has 0 unspecified atom stereocenters. The summed E-state index contributed by atoms with van der Waals surface area (Å²) in [5.74, 6) is -1.29. The molecule has 0 bridgehead atoms. The molecule has 0 aliphatic heterocycles. The number of carbonyl (C=O) groups excluding carboxylic acids is 3. The molecule has 26 heavy (non-hydrogen) atoms. The van der Waals surface area contributed by atoms with E-state index in [0.29, 0.717) is 11.4 Å². The summed E-state index contributed by atoms with van der Waals surface area (Å²) in [6.07, 6.45) is 0. The number of carbonyl (C=O) groups is 3. The van der Waals surface area contributed by atoms with Gasteiger partial charge in [0.1, 0.15) is 6.54 Å². The summed E-state index contributed by atoms with van der Waals surface area (Å²) in [4.78, 5) is 37.6. The normalized spacial score (nSPS) is 10.3. The van der Waals surface area contributed by atoms with Crippen LogP contribution in [0.5, 0.6) is 0 Å². The lowest BCUT2D eigenvalue weighted by Gasteiger charge is -2.18. The lowest BCUT2D eigenvalue weighted by Crippen LogP contribution is -2.34. The molecule has 0 aliphatic carbocycles. The van der Waals surface area contributed by atoms with Crippen LogP contribution in [0.2, 0.25) is 0 Å². The zero-order chi connectivity index (χ0) is 19.1. The van der Waals surface area contributed by atoms with E-state index in [1.807, 2.05) is 26.0 Å². The molecule has 138 valence electrons. The number of ether oxygens (including phenoxy) is 1. The number of nitrogens with one attached hydrogen (secondary N) is 1. The van der Waals surface area contributed by atoms with Crippen LogP contribution in [0.15, 0.2) is 35.7 Å². The Morgan fingerprint density at radius 3 is 2.62 bits per heavy atom. The van der Waals surface area contributed by atoms with Crippen LogP contribution in [-0.4, -0.2) is 42.9 Å². The van der Waals surface area contributed by atoms with E-state index in [2.05, 4.69) is 11.4 Å². The molecular formula is C19H22N2O4S. The number of aryl methyl sites for hydroxylation is 2. The SMILES string of the molecule is Cc1ccc(CN(C)C(=O)COC(=O)CNC(=O)c2cccs2)c(C)c1. The van der Waals surface area contributed by atoms with E-state index in [4.69, 9.17) is 4.74 Å². The summed E-state index contributed by atoms with van der Waals surface area (Å²) >= 11 is 1.28. The van der Waals surface area contributed by atoms with Gasteiger partial charge in [-0.2, -0.15) is 0 Å². The molecular weight excluding hydrogens is 352 g/mol. The van der Waals surface area contributed by atoms with E-state index in [0.717, 1.165) is 11.1 Å². The van der Waals surface area contributed by atoms with Crippen molar-refractivity contribution in [3.63, 3.8) is 0 Å². The van der Waals surface area contributed by atoms with Crippen LogP contribution in [0.1, 0.15) is 26.4 Å². The minimum atomic E-state index is -0.650. The number of thiophene rings is 1. The van der Waals surface area contributed by atoms with Gasteiger partial charge in [0.2, 0.25) is 0 Å². The maximum Gasteiger partial charge on any atom is 0.325 e. The Labute approximate surface area is 156 Å². The van der Waals surface area contributed by atoms with Crippen LogP contribution in [0.25, 0.3) is 0 Å². The Bertz CT molecular complexity index is 787. The first-order valence-electron chi connectivity index (χ1n) is 8.14. The van der Waals surface area contributed by atoms with Gasteiger partial charge in [-0.1, -0.05) is 29.8 Å². The van der Waals surface area contributed by atoms with E-state index in [-0.39, 0.29) is 25.0 Å². The van der Waals surface area contributed by atoms with E-state index >= 15 is 0 Å². The molecule has 7 heteroatoms. The molecule has 0 radical (unpaired) electrons. The standard InChI is InChI=1S/C19H22N2O4S/c1-13-6-7-15(14(2)9-13)11-21(3)17(22)12-25-18(23)10-20-19(24)16-5-4-8-26-16/h4-9H,10-12H2,1-3H3,(H,20,24). The monoisotopic (exact) mass is 374 g/mol. The van der Waals surface area contributed by atoms with Crippen molar-refractivity contribution in [2.45, 2.75) is 20.4 Å². The van der Waals surface area contributed by atoms with Gasteiger partial charge < -0.3 is 15.0 Å². The van der Waals surface area contributed by atoms with E-state index in [9.17, 15) is 14.4 Å². The van der Waals surface area contributed by atoms with Gasteiger partial charge in [-0.3, -0.25) is 14.4 Å². The van der Waals surface area contributed by atoms with E-state index in [1.165, 1.54) is 21.8 Å². The van der Waals surface area contributed by atoms with Crippen molar-refractivity contribution < 1.29 is 19.1 Å². The van der Waals surface area contributed by atoms with Crippen molar-refractivity contribution in [3.05, 3.63) is 57.3 Å². The van der Waals surface area contributed by atoms with Crippen LogP contribution in [-0.2, 0) is 20.9 Å². The van der Waals surface area contributed by atoms with E-state index in [1.54, 1.807) is 24.6 Å². The van der Waals surface area contributed by atoms with Gasteiger partial charge in [-0.05, 0) is 36.4 Å². The number of nitrogens with zero attached hydrogens (tertiary/aromatic N) is 1. The molecule has 0 saturated carbocycles. The summed E-state index contributed by atoms with van der Waals surface area (Å²) in [6, 6.07) is 9.46. The highest BCUT2D eigenvalue weighted by Gasteiger charge is 2.14. The first-order chi connectivity index (χ1) is 12.4. The number of hydrogen-bond donors (Lipinski definition) is 1. The van der Waals surface area contributed by atoms with Gasteiger partial charge in [0, 0.05) is 13.6 Å². The van der Waals surface area contributed by atoms with Crippen LogP contribution in [0.3, 0.4) is 0 Å². The smallest absolute Gasteiger partial charge is 0.325 e. The molecule has 1 aromatic carbocycles. The second kappa shape index (κ2) is 9.15. The van der Waals surface area contributed by atoms with Crippen LogP contribution >= 0.6 is 11.3 Å². The van der Waals surface area contributed by atoms with Crippen LogP contribution < -0.4 is 5.32 Å². The maximum absolute atomic E-state index is 12.1. The number of likely N-dealkylation sites (N-methyl/N-ethyl adjacent to an activating group) is 1. The lowest BCUT2D eigenvalue weighted by atomic mass is 10.1. The molecule has 1 aromatic heterocycles. The Balaban J connectivity index is 1.74. The molecule has 0 fully saturated rings. The number of benzene rings is 1. The molecule has 1 heterocycles. The summed E-state index contributed by atoms with van der Waals surface area (Å²) in [5, 5.41) is 4.24. The Hall–Kier alpha value is -2.67. The highest BCUT2D eigenvalue weighted by atomic mass is 32.1. The molecule has 2 amide bonds. The minimum Gasteiger partial charge on any atom is -0.454 e. The Morgan fingerprint density at radius 1 is 1.19 bits per heavy atom.